The van der Waals surface area contributed by atoms with Gasteiger partial charge in [0.2, 0.25) is 0 Å². The fourth-order valence-electron chi connectivity index (χ4n) is 3.13. The van der Waals surface area contributed by atoms with Crippen LogP contribution >= 0.6 is 0 Å². The van der Waals surface area contributed by atoms with E-state index >= 15 is 0 Å². The smallest absolute Gasteiger partial charge is 0.305 e. The Morgan fingerprint density at radius 3 is 1.63 bits per heavy atom. The molecule has 0 aliphatic heterocycles. The third-order valence-corrected chi connectivity index (χ3v) is 5.09. The zero-order chi connectivity index (χ0) is 20.2. The van der Waals surface area contributed by atoms with Gasteiger partial charge in [-0.2, -0.15) is 0 Å². The van der Waals surface area contributed by atoms with Crippen LogP contribution in [-0.4, -0.2) is 37.0 Å². The molecule has 0 aromatic carbocycles. The highest BCUT2D eigenvalue weighted by Gasteiger charge is 2.04. The molecule has 160 valence electrons. The fraction of sp³-hybridized carbons (Fsp3) is 0.909. The molecule has 0 radical (unpaired) electrons. The van der Waals surface area contributed by atoms with Gasteiger partial charge in [0, 0.05) is 13.5 Å². The normalized spacial score (nSPS) is 10.7. The van der Waals surface area contributed by atoms with Crippen molar-refractivity contribution in [3.05, 3.63) is 0 Å². The Hall–Kier alpha value is -1.26. The van der Waals surface area contributed by atoms with Crippen LogP contribution in [0.15, 0.2) is 0 Å². The molecule has 3 N–H and O–H groups in total. The van der Waals surface area contributed by atoms with Gasteiger partial charge in [0.25, 0.3) is 0 Å². The Morgan fingerprint density at radius 1 is 0.815 bits per heavy atom. The lowest BCUT2D eigenvalue weighted by molar-refractivity contribution is -0.143. The van der Waals surface area contributed by atoms with E-state index in [0.717, 1.165) is 12.8 Å². The highest BCUT2D eigenvalue weighted by Crippen LogP contribution is 2.13. The number of rotatable bonds is 19. The maximum absolute atomic E-state index is 11.6. The zero-order valence-electron chi connectivity index (χ0n) is 18.1. The number of unbranched alkanes of at least 4 members (excludes halogenated alkanes) is 14. The SMILES string of the molecule is CCCCCCCCCCCCCCCCCC(=O)OCCN(C)C(=N)N. The number of hydrogen-bond donors (Lipinski definition) is 2. The van der Waals surface area contributed by atoms with Crippen molar-refractivity contribution in [2.45, 2.75) is 110 Å². The second-order valence-electron chi connectivity index (χ2n) is 7.73. The largest absolute Gasteiger partial charge is 0.464 e. The van der Waals surface area contributed by atoms with Gasteiger partial charge in [-0.1, -0.05) is 96.8 Å². The van der Waals surface area contributed by atoms with Crippen molar-refractivity contribution in [3.63, 3.8) is 0 Å². The van der Waals surface area contributed by atoms with Crippen molar-refractivity contribution in [1.29, 1.82) is 5.41 Å². The standard InChI is InChI=1S/C22H45N3O2/c1-3-4-5-6-7-8-9-10-11-12-13-14-15-16-17-18-21(26)27-20-19-25(2)22(23)24/h3-20H2,1-2H3,(H3,23,24). The van der Waals surface area contributed by atoms with Crippen molar-refractivity contribution in [3.8, 4) is 0 Å². The number of hydrogen-bond acceptors (Lipinski definition) is 3. The monoisotopic (exact) mass is 383 g/mol. The van der Waals surface area contributed by atoms with Crippen molar-refractivity contribution in [1.82, 2.24) is 4.90 Å². The molecular weight excluding hydrogens is 338 g/mol. The quantitative estimate of drug-likeness (QED) is 0.131. The van der Waals surface area contributed by atoms with E-state index in [1.54, 1.807) is 11.9 Å². The van der Waals surface area contributed by atoms with Crippen LogP contribution in [0.25, 0.3) is 0 Å². The third kappa shape index (κ3) is 19.3. The van der Waals surface area contributed by atoms with Crippen molar-refractivity contribution >= 4 is 11.9 Å². The maximum Gasteiger partial charge on any atom is 0.305 e. The molecule has 0 aliphatic carbocycles. The minimum atomic E-state index is -0.137. The van der Waals surface area contributed by atoms with Crippen LogP contribution in [0.4, 0.5) is 0 Å². The van der Waals surface area contributed by atoms with Crippen LogP contribution in [0.5, 0.6) is 0 Å². The Morgan fingerprint density at radius 2 is 1.22 bits per heavy atom. The van der Waals surface area contributed by atoms with Gasteiger partial charge in [-0.3, -0.25) is 10.2 Å². The lowest BCUT2D eigenvalue weighted by Gasteiger charge is -2.16. The Balaban J connectivity index is 3.20. The molecule has 0 saturated heterocycles. The average Bonchev–Trinajstić information content (AvgIpc) is 2.64. The van der Waals surface area contributed by atoms with Gasteiger partial charge in [0.15, 0.2) is 5.96 Å². The van der Waals surface area contributed by atoms with Crippen molar-refractivity contribution < 1.29 is 9.53 Å². The van der Waals surface area contributed by atoms with E-state index in [4.69, 9.17) is 15.9 Å². The summed E-state index contributed by atoms with van der Waals surface area (Å²) in [6, 6.07) is 0. The van der Waals surface area contributed by atoms with E-state index in [9.17, 15) is 4.79 Å². The molecule has 0 fully saturated rings. The highest BCUT2D eigenvalue weighted by molar-refractivity contribution is 5.74. The summed E-state index contributed by atoms with van der Waals surface area (Å²) in [6.45, 7) is 3.04. The Kier molecular flexibility index (Phi) is 18.6. The number of nitrogens with two attached hydrogens (primary N) is 1. The molecule has 5 heteroatoms. The summed E-state index contributed by atoms with van der Waals surface area (Å²) in [5, 5.41) is 7.22. The number of carbonyl (C=O) groups is 1. The molecular formula is C22H45N3O2. The number of nitrogens with one attached hydrogen (secondary N) is 1. The first-order valence-corrected chi connectivity index (χ1v) is 11.3. The zero-order valence-corrected chi connectivity index (χ0v) is 18.1. The van der Waals surface area contributed by atoms with Gasteiger partial charge in [-0.25, -0.2) is 0 Å². The Bertz CT molecular complexity index is 361. The molecule has 5 nitrogen and oxygen atoms in total. The second-order valence-corrected chi connectivity index (χ2v) is 7.73. The van der Waals surface area contributed by atoms with Gasteiger partial charge < -0.3 is 15.4 Å². The molecule has 0 aliphatic rings. The van der Waals surface area contributed by atoms with Crippen LogP contribution < -0.4 is 5.73 Å². The Labute approximate surface area is 167 Å². The summed E-state index contributed by atoms with van der Waals surface area (Å²) in [4.78, 5) is 13.2. The molecule has 0 unspecified atom stereocenters. The van der Waals surface area contributed by atoms with E-state index < -0.39 is 0 Å². The lowest BCUT2D eigenvalue weighted by atomic mass is 10.0. The minimum absolute atomic E-state index is 0.00606. The van der Waals surface area contributed by atoms with Crippen molar-refractivity contribution in [2.75, 3.05) is 20.2 Å². The van der Waals surface area contributed by atoms with Crippen molar-refractivity contribution in [2.24, 2.45) is 5.73 Å². The summed E-state index contributed by atoms with van der Waals surface area (Å²) < 4.78 is 5.15. The molecule has 0 spiro atoms. The van der Waals surface area contributed by atoms with Crippen LogP contribution in [0.1, 0.15) is 110 Å². The van der Waals surface area contributed by atoms with Gasteiger partial charge in [-0.05, 0) is 6.42 Å². The highest BCUT2D eigenvalue weighted by atomic mass is 16.5. The molecule has 0 bridgehead atoms. The second kappa shape index (κ2) is 19.5. The van der Waals surface area contributed by atoms with Gasteiger partial charge >= 0.3 is 5.97 Å². The van der Waals surface area contributed by atoms with Gasteiger partial charge in [0.1, 0.15) is 6.61 Å². The number of ether oxygens (including phenoxy) is 1. The first-order valence-electron chi connectivity index (χ1n) is 11.3. The molecule has 0 saturated carbocycles. The number of guanidine groups is 1. The first kappa shape index (κ1) is 25.7. The number of esters is 1. The van der Waals surface area contributed by atoms with E-state index in [2.05, 4.69) is 6.92 Å². The first-order chi connectivity index (χ1) is 13.1. The summed E-state index contributed by atoms with van der Waals surface area (Å²) in [7, 11) is 1.71. The fourth-order valence-corrected chi connectivity index (χ4v) is 3.13. The maximum atomic E-state index is 11.6. The van der Waals surface area contributed by atoms with Crippen LogP contribution in [0.3, 0.4) is 0 Å². The molecule has 27 heavy (non-hydrogen) atoms. The van der Waals surface area contributed by atoms with Gasteiger partial charge in [-0.15, -0.1) is 0 Å². The summed E-state index contributed by atoms with van der Waals surface area (Å²) >= 11 is 0. The van der Waals surface area contributed by atoms with Crippen LogP contribution in [0.2, 0.25) is 0 Å². The van der Waals surface area contributed by atoms with E-state index in [0.29, 0.717) is 19.6 Å². The molecule has 0 aromatic rings. The molecule has 0 amide bonds. The molecule has 0 aromatic heterocycles. The predicted molar refractivity (Wildman–Crippen MR) is 115 cm³/mol. The average molecular weight is 384 g/mol. The van der Waals surface area contributed by atoms with Crippen LogP contribution in [0, 0.1) is 5.41 Å². The topological polar surface area (TPSA) is 79.4 Å². The van der Waals surface area contributed by atoms with E-state index in [1.165, 1.54) is 83.5 Å². The summed E-state index contributed by atoms with van der Waals surface area (Å²) in [6.07, 6.45) is 20.4. The van der Waals surface area contributed by atoms with Crippen LogP contribution in [-0.2, 0) is 9.53 Å². The predicted octanol–water partition coefficient (Wildman–Crippen LogP) is 5.62. The van der Waals surface area contributed by atoms with E-state index in [1.807, 2.05) is 0 Å². The summed E-state index contributed by atoms with van der Waals surface area (Å²) in [5.41, 5.74) is 5.32. The number of likely N-dealkylation sites (N-methyl/N-ethyl adjacent to an activating group) is 1. The third-order valence-electron chi connectivity index (χ3n) is 5.09. The number of carbonyl (C=O) groups excluding carboxylic acids is 1. The van der Waals surface area contributed by atoms with Gasteiger partial charge in [0.05, 0.1) is 6.54 Å². The molecule has 0 rings (SSSR count). The van der Waals surface area contributed by atoms with E-state index in [-0.39, 0.29) is 11.9 Å². The molecule has 0 heterocycles. The number of nitrogens with zero attached hydrogens (tertiary/aromatic N) is 1. The minimum Gasteiger partial charge on any atom is -0.464 e. The summed E-state index contributed by atoms with van der Waals surface area (Å²) in [5.74, 6) is -0.143. The lowest BCUT2D eigenvalue weighted by Crippen LogP contribution is -2.35. The molecule has 0 atom stereocenters.